The summed E-state index contributed by atoms with van der Waals surface area (Å²) in [5, 5.41) is 3.32. The van der Waals surface area contributed by atoms with Gasteiger partial charge in [-0.25, -0.2) is 8.42 Å². The Morgan fingerprint density at radius 2 is 1.76 bits per heavy atom. The lowest BCUT2D eigenvalue weighted by Gasteiger charge is -2.31. The highest BCUT2D eigenvalue weighted by Gasteiger charge is 2.28. The maximum absolute atomic E-state index is 13.2. The molecule has 2 aliphatic rings. The molecule has 2 fully saturated rings. The highest BCUT2D eigenvalue weighted by atomic mass is 35.5. The van der Waals surface area contributed by atoms with Gasteiger partial charge in [-0.05, 0) is 55.7 Å². The highest BCUT2D eigenvalue weighted by molar-refractivity contribution is 7.89. The molecule has 178 valence electrons. The average Bonchev–Trinajstić information content (AvgIpc) is 2.85. The first kappa shape index (κ1) is 23.8. The number of amides is 1. The molecule has 0 aliphatic carbocycles. The number of hydrogen-bond acceptors (Lipinski definition) is 6. The maximum atomic E-state index is 13.2. The summed E-state index contributed by atoms with van der Waals surface area (Å²) >= 11 is 6.11. The SMILES string of the molecule is COc1ccc(Cl)cc1C(=O)Nc1cc(S(=O)(=O)N2CCOCC2)ccc1N1CCCCC1. The van der Waals surface area contributed by atoms with Gasteiger partial charge in [-0.1, -0.05) is 11.6 Å². The van der Waals surface area contributed by atoms with Crippen LogP contribution in [0.5, 0.6) is 5.75 Å². The molecule has 0 bridgehead atoms. The van der Waals surface area contributed by atoms with Gasteiger partial charge in [0.2, 0.25) is 10.0 Å². The number of halogens is 1. The number of nitrogens with zero attached hydrogens (tertiary/aromatic N) is 2. The van der Waals surface area contributed by atoms with Crippen LogP contribution >= 0.6 is 11.6 Å². The summed E-state index contributed by atoms with van der Waals surface area (Å²) in [6.07, 6.45) is 3.24. The van der Waals surface area contributed by atoms with Crippen molar-refractivity contribution in [2.45, 2.75) is 24.2 Å². The van der Waals surface area contributed by atoms with Gasteiger partial charge in [0.1, 0.15) is 5.75 Å². The molecule has 0 saturated carbocycles. The quantitative estimate of drug-likeness (QED) is 0.661. The lowest BCUT2D eigenvalue weighted by molar-refractivity contribution is 0.0730. The number of piperidine rings is 1. The summed E-state index contributed by atoms with van der Waals surface area (Å²) < 4.78 is 38.5. The van der Waals surface area contributed by atoms with Crippen molar-refractivity contribution >= 4 is 38.9 Å². The number of carbonyl (C=O) groups is 1. The van der Waals surface area contributed by atoms with Crippen LogP contribution in [-0.2, 0) is 14.8 Å². The Bertz CT molecular complexity index is 1110. The van der Waals surface area contributed by atoms with Gasteiger partial charge in [-0.3, -0.25) is 4.79 Å². The van der Waals surface area contributed by atoms with E-state index in [4.69, 9.17) is 21.1 Å². The number of nitrogens with one attached hydrogen (secondary N) is 1. The van der Waals surface area contributed by atoms with E-state index >= 15 is 0 Å². The fourth-order valence-electron chi connectivity index (χ4n) is 4.17. The van der Waals surface area contributed by atoms with Crippen molar-refractivity contribution in [1.29, 1.82) is 0 Å². The number of anilines is 2. The molecule has 0 atom stereocenters. The molecule has 2 saturated heterocycles. The van der Waals surface area contributed by atoms with E-state index in [9.17, 15) is 13.2 Å². The molecule has 1 N–H and O–H groups in total. The van der Waals surface area contributed by atoms with E-state index in [1.165, 1.54) is 17.5 Å². The van der Waals surface area contributed by atoms with E-state index in [-0.39, 0.29) is 10.5 Å². The van der Waals surface area contributed by atoms with Crippen molar-refractivity contribution in [3.8, 4) is 5.75 Å². The van der Waals surface area contributed by atoms with E-state index in [1.54, 1.807) is 30.3 Å². The van der Waals surface area contributed by atoms with Crippen molar-refractivity contribution in [3.05, 3.63) is 47.0 Å². The summed E-state index contributed by atoms with van der Waals surface area (Å²) in [7, 11) is -2.23. The van der Waals surface area contributed by atoms with E-state index < -0.39 is 15.9 Å². The van der Waals surface area contributed by atoms with Gasteiger partial charge in [-0.2, -0.15) is 4.31 Å². The van der Waals surface area contributed by atoms with E-state index in [1.807, 2.05) is 0 Å². The largest absolute Gasteiger partial charge is 0.496 e. The average molecular weight is 494 g/mol. The number of rotatable bonds is 6. The summed E-state index contributed by atoms with van der Waals surface area (Å²) in [4.78, 5) is 15.5. The van der Waals surface area contributed by atoms with Crippen molar-refractivity contribution in [2.75, 3.05) is 56.7 Å². The van der Waals surface area contributed by atoms with Crippen LogP contribution in [0.3, 0.4) is 0 Å². The maximum Gasteiger partial charge on any atom is 0.259 e. The molecule has 8 nitrogen and oxygen atoms in total. The lowest BCUT2D eigenvalue weighted by atomic mass is 10.1. The highest BCUT2D eigenvalue weighted by Crippen LogP contribution is 2.33. The van der Waals surface area contributed by atoms with Crippen LogP contribution in [0.4, 0.5) is 11.4 Å². The van der Waals surface area contributed by atoms with E-state index in [2.05, 4.69) is 10.2 Å². The van der Waals surface area contributed by atoms with Gasteiger partial charge in [0.05, 0.1) is 42.2 Å². The minimum absolute atomic E-state index is 0.138. The predicted molar refractivity (Wildman–Crippen MR) is 128 cm³/mol. The molecule has 0 aromatic heterocycles. The molecular formula is C23H28ClN3O5S. The number of sulfonamides is 1. The lowest BCUT2D eigenvalue weighted by Crippen LogP contribution is -2.40. The van der Waals surface area contributed by atoms with Gasteiger partial charge >= 0.3 is 0 Å². The Labute approximate surface area is 199 Å². The third kappa shape index (κ3) is 5.27. The Morgan fingerprint density at radius 1 is 1.03 bits per heavy atom. The van der Waals surface area contributed by atoms with E-state index in [0.717, 1.165) is 38.0 Å². The topological polar surface area (TPSA) is 88.2 Å². The molecule has 33 heavy (non-hydrogen) atoms. The third-order valence-corrected chi connectivity index (χ3v) is 8.06. The molecular weight excluding hydrogens is 466 g/mol. The number of methoxy groups -OCH3 is 1. The molecule has 10 heteroatoms. The van der Waals surface area contributed by atoms with Crippen LogP contribution < -0.4 is 15.0 Å². The summed E-state index contributed by atoms with van der Waals surface area (Å²) in [6.45, 7) is 3.03. The zero-order chi connectivity index (χ0) is 23.4. The van der Waals surface area contributed by atoms with Crippen LogP contribution in [0.2, 0.25) is 5.02 Å². The molecule has 0 radical (unpaired) electrons. The number of carbonyl (C=O) groups excluding carboxylic acids is 1. The van der Waals surface area contributed by atoms with Crippen molar-refractivity contribution in [2.24, 2.45) is 0 Å². The number of morpholine rings is 1. The summed E-state index contributed by atoms with van der Waals surface area (Å²) in [6, 6.07) is 9.75. The van der Waals surface area contributed by atoms with Crippen LogP contribution in [0, 0.1) is 0 Å². The first-order chi connectivity index (χ1) is 15.9. The minimum Gasteiger partial charge on any atom is -0.496 e. The number of hydrogen-bond donors (Lipinski definition) is 1. The standard InChI is InChI=1S/C23H28ClN3O5S/c1-31-22-8-5-17(24)15-19(22)23(28)25-20-16-18(33(29,30)27-11-13-32-14-12-27)6-7-21(20)26-9-3-2-4-10-26/h5-8,15-16H,2-4,9-14H2,1H3,(H,25,28). The second-order valence-corrected chi connectivity index (χ2v) is 10.4. The molecule has 2 heterocycles. The number of benzene rings is 2. The zero-order valence-corrected chi connectivity index (χ0v) is 20.1. The minimum atomic E-state index is -3.71. The molecule has 4 rings (SSSR count). The van der Waals surface area contributed by atoms with Gasteiger partial charge in [0.15, 0.2) is 0 Å². The summed E-state index contributed by atoms with van der Waals surface area (Å²) in [5.74, 6) is -0.0398. The zero-order valence-electron chi connectivity index (χ0n) is 18.5. The van der Waals surface area contributed by atoms with Crippen LogP contribution in [0.15, 0.2) is 41.3 Å². The smallest absolute Gasteiger partial charge is 0.259 e. The Kier molecular flexibility index (Phi) is 7.43. The van der Waals surface area contributed by atoms with Crippen molar-refractivity contribution in [1.82, 2.24) is 4.31 Å². The van der Waals surface area contributed by atoms with Gasteiger partial charge < -0.3 is 19.7 Å². The number of ether oxygens (including phenoxy) is 2. The third-order valence-electron chi connectivity index (χ3n) is 5.93. The molecule has 2 aliphatic heterocycles. The van der Waals surface area contributed by atoms with Crippen LogP contribution in [-0.4, -0.2) is 65.1 Å². The monoisotopic (exact) mass is 493 g/mol. The predicted octanol–water partition coefficient (Wildman–Crippen LogP) is 3.61. The van der Waals surface area contributed by atoms with Crippen molar-refractivity contribution in [3.63, 3.8) is 0 Å². The second-order valence-electron chi connectivity index (χ2n) is 8.04. The normalized spacial score (nSPS) is 17.6. The van der Waals surface area contributed by atoms with Gasteiger partial charge in [0, 0.05) is 31.2 Å². The van der Waals surface area contributed by atoms with Crippen molar-refractivity contribution < 1.29 is 22.7 Å². The molecule has 2 aromatic carbocycles. The first-order valence-corrected chi connectivity index (χ1v) is 12.8. The van der Waals surface area contributed by atoms with Gasteiger partial charge in [-0.15, -0.1) is 0 Å². The molecule has 1 amide bonds. The van der Waals surface area contributed by atoms with Gasteiger partial charge in [0.25, 0.3) is 5.91 Å². The second kappa shape index (κ2) is 10.3. The van der Waals surface area contributed by atoms with Crippen LogP contribution in [0.25, 0.3) is 0 Å². The summed E-state index contributed by atoms with van der Waals surface area (Å²) in [5.41, 5.74) is 1.51. The fraction of sp³-hybridized carbons (Fsp3) is 0.435. The van der Waals surface area contributed by atoms with E-state index in [0.29, 0.717) is 42.8 Å². The van der Waals surface area contributed by atoms with Crippen LogP contribution in [0.1, 0.15) is 29.6 Å². The molecule has 2 aromatic rings. The Morgan fingerprint density at radius 3 is 2.45 bits per heavy atom. The Balaban J connectivity index is 1.71. The first-order valence-electron chi connectivity index (χ1n) is 11.0. The molecule has 0 unspecified atom stereocenters. The molecule has 0 spiro atoms. The fourth-order valence-corrected chi connectivity index (χ4v) is 5.78. The Hall–Kier alpha value is -2.33.